The number of benzene rings is 2. The first-order valence-electron chi connectivity index (χ1n) is 7.86. The van der Waals surface area contributed by atoms with Crippen LogP contribution >= 0.6 is 0 Å². The van der Waals surface area contributed by atoms with Crippen LogP contribution in [0.2, 0.25) is 0 Å². The Morgan fingerprint density at radius 3 is 2.52 bits per heavy atom. The number of non-ortho nitro benzene ring substituents is 1. The molecule has 2 aromatic carbocycles. The number of nitro groups is 1. The zero-order chi connectivity index (χ0) is 20.0. The second-order valence-electron chi connectivity index (χ2n) is 5.70. The Balaban J connectivity index is 1.86. The summed E-state index contributed by atoms with van der Waals surface area (Å²) in [4.78, 5) is 45.5. The highest BCUT2D eigenvalue weighted by atomic mass is 16.6. The summed E-state index contributed by atoms with van der Waals surface area (Å²) in [6.45, 7) is 3.02. The summed E-state index contributed by atoms with van der Waals surface area (Å²) in [5, 5.41) is 15.3. The van der Waals surface area contributed by atoms with Crippen molar-refractivity contribution in [3.63, 3.8) is 0 Å². The zero-order valence-electron chi connectivity index (χ0n) is 14.6. The number of rotatable bonds is 5. The Labute approximate surface area is 154 Å². The number of ether oxygens (including phenoxy) is 1. The van der Waals surface area contributed by atoms with Gasteiger partial charge in [0.2, 0.25) is 0 Å². The van der Waals surface area contributed by atoms with E-state index in [1.807, 2.05) is 31.3 Å². The van der Waals surface area contributed by atoms with Gasteiger partial charge in [0.15, 0.2) is 6.61 Å². The van der Waals surface area contributed by atoms with Crippen molar-refractivity contribution in [2.24, 2.45) is 0 Å². The van der Waals surface area contributed by atoms with Crippen LogP contribution in [-0.2, 0) is 9.53 Å². The Kier molecular flexibility index (Phi) is 6.21. The Morgan fingerprint density at radius 1 is 1.11 bits per heavy atom. The van der Waals surface area contributed by atoms with E-state index >= 15 is 0 Å². The van der Waals surface area contributed by atoms with Crippen molar-refractivity contribution in [3.05, 3.63) is 69.3 Å². The predicted molar refractivity (Wildman–Crippen MR) is 96.5 cm³/mol. The van der Waals surface area contributed by atoms with Gasteiger partial charge in [-0.25, -0.2) is 9.59 Å². The Morgan fingerprint density at radius 2 is 1.85 bits per heavy atom. The first kappa shape index (κ1) is 19.6. The molecule has 0 unspecified atom stereocenters. The SMILES string of the molecule is Cc1ccc(NC(=O)NC(=O)COC(=O)c2cccc([N+](=O)[O-])c2)c(C)c1. The summed E-state index contributed by atoms with van der Waals surface area (Å²) in [6, 6.07) is 9.53. The van der Waals surface area contributed by atoms with Crippen LogP contribution in [0.5, 0.6) is 0 Å². The number of urea groups is 1. The highest BCUT2D eigenvalue weighted by Gasteiger charge is 2.15. The number of nitrogens with zero attached hydrogens (tertiary/aromatic N) is 1. The maximum atomic E-state index is 11.9. The van der Waals surface area contributed by atoms with E-state index in [9.17, 15) is 24.5 Å². The highest BCUT2D eigenvalue weighted by molar-refractivity contribution is 6.02. The average molecular weight is 371 g/mol. The number of aryl methyl sites for hydroxylation is 2. The van der Waals surface area contributed by atoms with E-state index in [0.29, 0.717) is 5.69 Å². The maximum Gasteiger partial charge on any atom is 0.338 e. The van der Waals surface area contributed by atoms with Crippen molar-refractivity contribution in [2.45, 2.75) is 13.8 Å². The zero-order valence-corrected chi connectivity index (χ0v) is 14.6. The third-order valence-corrected chi connectivity index (χ3v) is 3.51. The van der Waals surface area contributed by atoms with Gasteiger partial charge in [-0.15, -0.1) is 0 Å². The highest BCUT2D eigenvalue weighted by Crippen LogP contribution is 2.16. The number of hydrogen-bond donors (Lipinski definition) is 2. The molecule has 2 N–H and O–H groups in total. The van der Waals surface area contributed by atoms with Gasteiger partial charge in [-0.2, -0.15) is 0 Å². The van der Waals surface area contributed by atoms with Crippen LogP contribution in [0.1, 0.15) is 21.5 Å². The predicted octanol–water partition coefficient (Wildman–Crippen LogP) is 2.72. The molecule has 27 heavy (non-hydrogen) atoms. The van der Waals surface area contributed by atoms with Crippen molar-refractivity contribution >= 4 is 29.3 Å². The number of amides is 3. The second kappa shape index (κ2) is 8.56. The van der Waals surface area contributed by atoms with Gasteiger partial charge < -0.3 is 10.1 Å². The quantitative estimate of drug-likeness (QED) is 0.472. The molecule has 0 fully saturated rings. The first-order chi connectivity index (χ1) is 12.8. The molecule has 0 aliphatic rings. The number of anilines is 1. The van der Waals surface area contributed by atoms with Crippen LogP contribution < -0.4 is 10.6 Å². The van der Waals surface area contributed by atoms with Gasteiger partial charge in [-0.3, -0.25) is 20.2 Å². The van der Waals surface area contributed by atoms with E-state index in [4.69, 9.17) is 4.74 Å². The number of nitro benzene ring substituents is 1. The van der Waals surface area contributed by atoms with E-state index in [1.54, 1.807) is 6.07 Å². The molecule has 140 valence electrons. The lowest BCUT2D eigenvalue weighted by molar-refractivity contribution is -0.384. The summed E-state index contributed by atoms with van der Waals surface area (Å²) in [6.07, 6.45) is 0. The fourth-order valence-corrected chi connectivity index (χ4v) is 2.23. The number of nitrogens with one attached hydrogen (secondary N) is 2. The minimum atomic E-state index is -0.913. The average Bonchev–Trinajstić information content (AvgIpc) is 2.62. The summed E-state index contributed by atoms with van der Waals surface area (Å²) >= 11 is 0. The van der Waals surface area contributed by atoms with Crippen LogP contribution in [0.25, 0.3) is 0 Å². The molecule has 0 spiro atoms. The van der Waals surface area contributed by atoms with Gasteiger partial charge in [-0.05, 0) is 31.5 Å². The molecule has 3 amide bonds. The lowest BCUT2D eigenvalue weighted by Gasteiger charge is -2.10. The summed E-state index contributed by atoms with van der Waals surface area (Å²) in [5.41, 5.74) is 2.05. The van der Waals surface area contributed by atoms with E-state index in [0.717, 1.165) is 17.2 Å². The van der Waals surface area contributed by atoms with Crippen molar-refractivity contribution in [2.75, 3.05) is 11.9 Å². The normalized spacial score (nSPS) is 10.0. The van der Waals surface area contributed by atoms with Crippen LogP contribution in [-0.4, -0.2) is 29.4 Å². The summed E-state index contributed by atoms with van der Waals surface area (Å²) in [5.74, 6) is -1.75. The lowest BCUT2D eigenvalue weighted by Crippen LogP contribution is -2.37. The molecule has 0 aliphatic carbocycles. The topological polar surface area (TPSA) is 128 Å². The van der Waals surface area contributed by atoms with Crippen molar-refractivity contribution in [1.82, 2.24) is 5.32 Å². The fourth-order valence-electron chi connectivity index (χ4n) is 2.23. The molecule has 9 nitrogen and oxygen atoms in total. The number of carbonyl (C=O) groups excluding carboxylic acids is 3. The second-order valence-corrected chi connectivity index (χ2v) is 5.70. The molecule has 0 bridgehead atoms. The molecule has 2 rings (SSSR count). The number of esters is 1. The molecule has 0 saturated heterocycles. The maximum absolute atomic E-state index is 11.9. The minimum Gasteiger partial charge on any atom is -0.452 e. The number of carbonyl (C=O) groups is 3. The molecular weight excluding hydrogens is 354 g/mol. The fraction of sp³-hybridized carbons (Fsp3) is 0.167. The number of hydrogen-bond acceptors (Lipinski definition) is 6. The molecule has 0 radical (unpaired) electrons. The molecule has 2 aromatic rings. The standard InChI is InChI=1S/C18H17N3O6/c1-11-6-7-15(12(2)8-11)19-18(24)20-16(22)10-27-17(23)13-4-3-5-14(9-13)21(25)26/h3-9H,10H2,1-2H3,(H2,19,20,22,24). The molecule has 0 aromatic heterocycles. The van der Waals surface area contributed by atoms with Gasteiger partial charge in [-0.1, -0.05) is 23.8 Å². The molecule has 0 saturated carbocycles. The Bertz CT molecular complexity index is 910. The largest absolute Gasteiger partial charge is 0.452 e. The van der Waals surface area contributed by atoms with E-state index < -0.39 is 29.4 Å². The third kappa shape index (κ3) is 5.63. The number of imide groups is 1. The molecule has 0 atom stereocenters. The van der Waals surface area contributed by atoms with E-state index in [1.165, 1.54) is 18.2 Å². The lowest BCUT2D eigenvalue weighted by atomic mass is 10.1. The molecule has 0 heterocycles. The van der Waals surface area contributed by atoms with Crippen LogP contribution in [0.3, 0.4) is 0 Å². The summed E-state index contributed by atoms with van der Waals surface area (Å²) < 4.78 is 4.76. The summed E-state index contributed by atoms with van der Waals surface area (Å²) in [7, 11) is 0. The first-order valence-corrected chi connectivity index (χ1v) is 7.86. The smallest absolute Gasteiger partial charge is 0.338 e. The van der Waals surface area contributed by atoms with Gasteiger partial charge in [0.05, 0.1) is 10.5 Å². The van der Waals surface area contributed by atoms with Gasteiger partial charge in [0, 0.05) is 17.8 Å². The van der Waals surface area contributed by atoms with Crippen molar-refractivity contribution in [1.29, 1.82) is 0 Å². The van der Waals surface area contributed by atoms with Gasteiger partial charge in [0.1, 0.15) is 0 Å². The monoisotopic (exact) mass is 371 g/mol. The van der Waals surface area contributed by atoms with E-state index in [2.05, 4.69) is 5.32 Å². The van der Waals surface area contributed by atoms with Crippen molar-refractivity contribution in [3.8, 4) is 0 Å². The van der Waals surface area contributed by atoms with Crippen LogP contribution in [0.15, 0.2) is 42.5 Å². The third-order valence-electron chi connectivity index (χ3n) is 3.51. The molecule has 9 heteroatoms. The minimum absolute atomic E-state index is 0.0725. The van der Waals surface area contributed by atoms with Crippen molar-refractivity contribution < 1.29 is 24.0 Å². The van der Waals surface area contributed by atoms with E-state index in [-0.39, 0.29) is 11.3 Å². The van der Waals surface area contributed by atoms with Crippen LogP contribution in [0, 0.1) is 24.0 Å². The Hall–Kier alpha value is -3.75. The van der Waals surface area contributed by atoms with Gasteiger partial charge >= 0.3 is 12.0 Å². The van der Waals surface area contributed by atoms with Crippen LogP contribution in [0.4, 0.5) is 16.2 Å². The van der Waals surface area contributed by atoms with Gasteiger partial charge in [0.25, 0.3) is 11.6 Å². The molecule has 0 aliphatic heterocycles. The molecular formula is C18H17N3O6.